The average Bonchev–Trinajstić information content (AvgIpc) is 1.77. The van der Waals surface area contributed by atoms with E-state index in [-0.39, 0.29) is 6.10 Å². The van der Waals surface area contributed by atoms with Gasteiger partial charge in [-0.2, -0.15) is 0 Å². The molecule has 0 saturated heterocycles. The predicted octanol–water partition coefficient (Wildman–Crippen LogP) is 1.33. The van der Waals surface area contributed by atoms with E-state index in [0.717, 1.165) is 12.8 Å². The molecular weight excluding hydrogens is 100 g/mol. The molecule has 0 fully saturated rings. The molecule has 0 aliphatic heterocycles. The van der Waals surface area contributed by atoms with E-state index in [9.17, 15) is 0 Å². The second-order valence-corrected chi connectivity index (χ2v) is 2.47. The average molecular weight is 112 g/mol. The van der Waals surface area contributed by atoms with Crippen molar-refractivity contribution in [3.8, 4) is 0 Å². The second kappa shape index (κ2) is 2.31. The van der Waals surface area contributed by atoms with Gasteiger partial charge in [-0.15, -0.1) is 0 Å². The molecule has 0 amide bonds. The van der Waals surface area contributed by atoms with Crippen molar-refractivity contribution < 1.29 is 5.11 Å². The highest BCUT2D eigenvalue weighted by Gasteiger charge is 2.12. The number of aliphatic hydroxyl groups excluding tert-OH is 1. The van der Waals surface area contributed by atoms with Gasteiger partial charge in [0.15, 0.2) is 0 Å². The summed E-state index contributed by atoms with van der Waals surface area (Å²) in [7, 11) is 0. The Morgan fingerprint density at radius 3 is 2.75 bits per heavy atom. The number of aliphatic hydroxyl groups is 1. The lowest BCUT2D eigenvalue weighted by Gasteiger charge is -2.17. The summed E-state index contributed by atoms with van der Waals surface area (Å²) in [6, 6.07) is 0. The zero-order chi connectivity index (χ0) is 5.98. The van der Waals surface area contributed by atoms with Crippen LogP contribution in [0.25, 0.3) is 0 Å². The van der Waals surface area contributed by atoms with E-state index in [2.05, 4.69) is 6.92 Å². The van der Waals surface area contributed by atoms with Crippen LogP contribution in [0, 0.1) is 5.92 Å². The fourth-order valence-electron chi connectivity index (χ4n) is 0.955. The van der Waals surface area contributed by atoms with Gasteiger partial charge in [0, 0.05) is 0 Å². The minimum atomic E-state index is -0.177. The summed E-state index contributed by atoms with van der Waals surface area (Å²) in [6.07, 6.45) is 6.03. The zero-order valence-electron chi connectivity index (χ0n) is 5.17. The Bertz CT molecular complexity index is 96.6. The molecule has 0 radical (unpaired) electrons. The van der Waals surface area contributed by atoms with Gasteiger partial charge in [0.05, 0.1) is 6.10 Å². The Balaban J connectivity index is 2.47. The minimum absolute atomic E-state index is 0.177. The molecule has 2 unspecified atom stereocenters. The first-order chi connectivity index (χ1) is 3.80. The van der Waals surface area contributed by atoms with Crippen molar-refractivity contribution in [2.75, 3.05) is 0 Å². The van der Waals surface area contributed by atoms with Crippen LogP contribution in [0.2, 0.25) is 0 Å². The highest BCUT2D eigenvalue weighted by molar-refractivity contribution is 4.95. The number of rotatable bonds is 0. The molecule has 0 heterocycles. The quantitative estimate of drug-likeness (QED) is 0.469. The van der Waals surface area contributed by atoms with E-state index in [1.807, 2.05) is 12.2 Å². The van der Waals surface area contributed by atoms with Gasteiger partial charge in [0.1, 0.15) is 0 Å². The van der Waals surface area contributed by atoms with Crippen LogP contribution in [0.3, 0.4) is 0 Å². The van der Waals surface area contributed by atoms with Crippen LogP contribution in [0.15, 0.2) is 12.2 Å². The smallest absolute Gasteiger partial charge is 0.0746 e. The molecule has 0 saturated carbocycles. The van der Waals surface area contributed by atoms with E-state index in [0.29, 0.717) is 5.92 Å². The summed E-state index contributed by atoms with van der Waals surface area (Å²) in [5.74, 6) is 0.472. The van der Waals surface area contributed by atoms with E-state index >= 15 is 0 Å². The predicted molar refractivity (Wildman–Crippen MR) is 33.5 cm³/mol. The molecule has 46 valence electrons. The number of hydrogen-bond acceptors (Lipinski definition) is 1. The Kier molecular flexibility index (Phi) is 1.69. The van der Waals surface area contributed by atoms with Gasteiger partial charge in [-0.25, -0.2) is 0 Å². The summed E-state index contributed by atoms with van der Waals surface area (Å²) in [6.45, 7) is 2.08. The topological polar surface area (TPSA) is 20.2 Å². The van der Waals surface area contributed by atoms with E-state index < -0.39 is 0 Å². The largest absolute Gasteiger partial charge is 0.389 e. The molecule has 1 nitrogen and oxygen atoms in total. The first kappa shape index (κ1) is 5.83. The van der Waals surface area contributed by atoms with Gasteiger partial charge in [0.2, 0.25) is 0 Å². The standard InChI is InChI=1S/C7H12O/c1-6-4-2-3-5-7(6)8/h3,5-8H,2,4H2,1H3. The molecule has 0 aromatic rings. The van der Waals surface area contributed by atoms with Crippen molar-refractivity contribution in [1.29, 1.82) is 0 Å². The van der Waals surface area contributed by atoms with Crippen molar-refractivity contribution in [3.05, 3.63) is 12.2 Å². The van der Waals surface area contributed by atoms with Gasteiger partial charge in [0.25, 0.3) is 0 Å². The summed E-state index contributed by atoms with van der Waals surface area (Å²) >= 11 is 0. The van der Waals surface area contributed by atoms with Crippen LogP contribution in [-0.4, -0.2) is 11.2 Å². The lowest BCUT2D eigenvalue weighted by molar-refractivity contribution is 0.151. The van der Waals surface area contributed by atoms with Gasteiger partial charge in [-0.1, -0.05) is 19.1 Å². The van der Waals surface area contributed by atoms with Crippen molar-refractivity contribution >= 4 is 0 Å². The third-order valence-corrected chi connectivity index (χ3v) is 1.70. The summed E-state index contributed by atoms with van der Waals surface area (Å²) in [5, 5.41) is 9.09. The molecule has 1 aliphatic carbocycles. The van der Waals surface area contributed by atoms with Crippen LogP contribution < -0.4 is 0 Å². The Morgan fingerprint density at radius 2 is 2.38 bits per heavy atom. The third-order valence-electron chi connectivity index (χ3n) is 1.70. The van der Waals surface area contributed by atoms with Crippen molar-refractivity contribution in [3.63, 3.8) is 0 Å². The molecular formula is C7H12O. The highest BCUT2D eigenvalue weighted by atomic mass is 16.3. The Hall–Kier alpha value is -0.300. The molecule has 0 aromatic carbocycles. The molecule has 0 aromatic heterocycles. The second-order valence-electron chi connectivity index (χ2n) is 2.47. The van der Waals surface area contributed by atoms with Crippen LogP contribution >= 0.6 is 0 Å². The highest BCUT2D eigenvalue weighted by Crippen LogP contribution is 2.16. The van der Waals surface area contributed by atoms with Crippen LogP contribution in [-0.2, 0) is 0 Å². The van der Waals surface area contributed by atoms with Gasteiger partial charge >= 0.3 is 0 Å². The SMILES string of the molecule is CC1CCC=CC1O. The van der Waals surface area contributed by atoms with E-state index in [4.69, 9.17) is 5.11 Å². The molecule has 1 heteroatoms. The molecule has 0 spiro atoms. The van der Waals surface area contributed by atoms with Crippen molar-refractivity contribution in [1.82, 2.24) is 0 Å². The first-order valence-corrected chi connectivity index (χ1v) is 3.15. The normalized spacial score (nSPS) is 37.8. The molecule has 1 aliphatic rings. The lowest BCUT2D eigenvalue weighted by Crippen LogP contribution is -2.16. The third kappa shape index (κ3) is 1.10. The molecule has 1 N–H and O–H groups in total. The van der Waals surface area contributed by atoms with Gasteiger partial charge in [-0.05, 0) is 18.8 Å². The van der Waals surface area contributed by atoms with Crippen LogP contribution in [0.4, 0.5) is 0 Å². The molecule has 2 atom stereocenters. The molecule has 0 bridgehead atoms. The van der Waals surface area contributed by atoms with Gasteiger partial charge in [-0.3, -0.25) is 0 Å². The maximum absolute atomic E-state index is 9.09. The van der Waals surface area contributed by atoms with Crippen LogP contribution in [0.1, 0.15) is 19.8 Å². The molecule has 1 rings (SSSR count). The summed E-state index contributed by atoms with van der Waals surface area (Å²) in [5.41, 5.74) is 0. The monoisotopic (exact) mass is 112 g/mol. The number of allylic oxidation sites excluding steroid dienone is 1. The fourth-order valence-corrected chi connectivity index (χ4v) is 0.955. The fraction of sp³-hybridized carbons (Fsp3) is 0.714. The molecule has 8 heavy (non-hydrogen) atoms. The van der Waals surface area contributed by atoms with Crippen molar-refractivity contribution in [2.45, 2.75) is 25.9 Å². The summed E-state index contributed by atoms with van der Waals surface area (Å²) in [4.78, 5) is 0. The Morgan fingerprint density at radius 1 is 1.62 bits per heavy atom. The van der Waals surface area contributed by atoms with Crippen LogP contribution in [0.5, 0.6) is 0 Å². The summed E-state index contributed by atoms with van der Waals surface area (Å²) < 4.78 is 0. The van der Waals surface area contributed by atoms with E-state index in [1.165, 1.54) is 0 Å². The number of hydrogen-bond donors (Lipinski definition) is 1. The first-order valence-electron chi connectivity index (χ1n) is 3.15. The van der Waals surface area contributed by atoms with Gasteiger partial charge < -0.3 is 5.11 Å². The van der Waals surface area contributed by atoms with Crippen molar-refractivity contribution in [2.24, 2.45) is 5.92 Å². The van der Waals surface area contributed by atoms with E-state index in [1.54, 1.807) is 0 Å². The maximum atomic E-state index is 9.09. The zero-order valence-corrected chi connectivity index (χ0v) is 5.17. The minimum Gasteiger partial charge on any atom is -0.389 e. The lowest BCUT2D eigenvalue weighted by atomic mass is 9.94. The maximum Gasteiger partial charge on any atom is 0.0746 e. The Labute approximate surface area is 50.0 Å².